The van der Waals surface area contributed by atoms with E-state index in [0.717, 1.165) is 0 Å². The SMILES string of the molecule is CCC(C)[C@H](NC(=O)[C@@H]1CCCN1C(=O)C(NC(=O)[C@H](C)N)C(C)C)C(=O)O. The average Bonchev–Trinajstić information content (AvgIpc) is 3.11. The van der Waals surface area contributed by atoms with E-state index in [2.05, 4.69) is 10.6 Å². The molecule has 0 saturated carbocycles. The van der Waals surface area contributed by atoms with Gasteiger partial charge in [-0.25, -0.2) is 4.79 Å². The van der Waals surface area contributed by atoms with Gasteiger partial charge >= 0.3 is 5.97 Å². The van der Waals surface area contributed by atoms with Gasteiger partial charge in [0.25, 0.3) is 0 Å². The van der Waals surface area contributed by atoms with E-state index in [1.807, 2.05) is 6.92 Å². The van der Waals surface area contributed by atoms with Crippen molar-refractivity contribution in [2.45, 2.75) is 78.0 Å². The summed E-state index contributed by atoms with van der Waals surface area (Å²) in [6.45, 7) is 9.14. The van der Waals surface area contributed by atoms with Crippen molar-refractivity contribution in [1.29, 1.82) is 0 Å². The second kappa shape index (κ2) is 10.4. The number of amides is 3. The highest BCUT2D eigenvalue weighted by atomic mass is 16.4. The monoisotopic (exact) mass is 398 g/mol. The zero-order valence-corrected chi connectivity index (χ0v) is 17.4. The molecule has 9 nitrogen and oxygen atoms in total. The summed E-state index contributed by atoms with van der Waals surface area (Å²) >= 11 is 0. The van der Waals surface area contributed by atoms with Crippen LogP contribution < -0.4 is 16.4 Å². The van der Waals surface area contributed by atoms with E-state index in [-0.39, 0.29) is 17.7 Å². The van der Waals surface area contributed by atoms with Crippen molar-refractivity contribution in [3.05, 3.63) is 0 Å². The summed E-state index contributed by atoms with van der Waals surface area (Å²) in [6, 6.07) is -3.30. The van der Waals surface area contributed by atoms with Crippen LogP contribution in [0.1, 0.15) is 53.9 Å². The van der Waals surface area contributed by atoms with Gasteiger partial charge in [-0.15, -0.1) is 0 Å². The van der Waals surface area contributed by atoms with Crippen LogP contribution >= 0.6 is 0 Å². The van der Waals surface area contributed by atoms with E-state index in [4.69, 9.17) is 5.73 Å². The fourth-order valence-electron chi connectivity index (χ4n) is 3.21. The smallest absolute Gasteiger partial charge is 0.326 e. The van der Waals surface area contributed by atoms with Gasteiger partial charge in [0.1, 0.15) is 18.1 Å². The lowest BCUT2D eigenvalue weighted by atomic mass is 9.98. The summed E-state index contributed by atoms with van der Waals surface area (Å²) in [5, 5.41) is 14.6. The fourth-order valence-corrected chi connectivity index (χ4v) is 3.21. The minimum absolute atomic E-state index is 0.189. The van der Waals surface area contributed by atoms with E-state index < -0.39 is 42.0 Å². The normalized spacial score (nSPS) is 21.0. The summed E-state index contributed by atoms with van der Waals surface area (Å²) in [7, 11) is 0. The third-order valence-corrected chi connectivity index (χ3v) is 5.26. The van der Waals surface area contributed by atoms with Crippen LogP contribution in [-0.4, -0.2) is 64.4 Å². The van der Waals surface area contributed by atoms with Crippen LogP contribution in [0.25, 0.3) is 0 Å². The molecule has 1 aliphatic rings. The molecule has 1 heterocycles. The molecule has 0 aromatic carbocycles. The van der Waals surface area contributed by atoms with Crippen LogP contribution in [0.15, 0.2) is 0 Å². The fraction of sp³-hybridized carbons (Fsp3) is 0.789. The Balaban J connectivity index is 2.94. The van der Waals surface area contributed by atoms with E-state index in [1.54, 1.807) is 20.8 Å². The Hall–Kier alpha value is -2.16. The predicted molar refractivity (Wildman–Crippen MR) is 104 cm³/mol. The zero-order chi connectivity index (χ0) is 21.6. The number of carboxylic acid groups (broad SMARTS) is 1. The zero-order valence-electron chi connectivity index (χ0n) is 17.4. The molecule has 0 radical (unpaired) electrons. The van der Waals surface area contributed by atoms with E-state index in [9.17, 15) is 24.3 Å². The maximum absolute atomic E-state index is 13.0. The Labute approximate surface area is 166 Å². The number of nitrogens with zero attached hydrogens (tertiary/aromatic N) is 1. The molecule has 0 aromatic heterocycles. The first-order chi connectivity index (χ1) is 13.0. The minimum Gasteiger partial charge on any atom is -0.480 e. The molecule has 1 rings (SSSR count). The van der Waals surface area contributed by atoms with Gasteiger partial charge in [-0.2, -0.15) is 0 Å². The molecule has 1 fully saturated rings. The number of carbonyl (C=O) groups excluding carboxylic acids is 3. The molecule has 3 amide bonds. The third kappa shape index (κ3) is 5.92. The molecule has 0 aliphatic carbocycles. The highest BCUT2D eigenvalue weighted by molar-refractivity contribution is 5.94. The largest absolute Gasteiger partial charge is 0.480 e. The number of rotatable bonds is 9. The molecule has 160 valence electrons. The summed E-state index contributed by atoms with van der Waals surface area (Å²) in [6.07, 6.45) is 1.69. The average molecular weight is 399 g/mol. The van der Waals surface area contributed by atoms with Crippen LogP contribution in [-0.2, 0) is 19.2 Å². The van der Waals surface area contributed by atoms with Gasteiger partial charge in [-0.1, -0.05) is 34.1 Å². The number of likely N-dealkylation sites (tertiary alicyclic amines) is 1. The molecular weight excluding hydrogens is 364 g/mol. The number of nitrogens with two attached hydrogens (primary N) is 1. The molecule has 28 heavy (non-hydrogen) atoms. The number of aliphatic carboxylic acids is 1. The maximum Gasteiger partial charge on any atom is 0.326 e. The van der Waals surface area contributed by atoms with Gasteiger partial charge < -0.3 is 26.4 Å². The first-order valence-electron chi connectivity index (χ1n) is 9.90. The lowest BCUT2D eigenvalue weighted by molar-refractivity contribution is -0.146. The molecule has 2 unspecified atom stereocenters. The Morgan fingerprint density at radius 1 is 1.11 bits per heavy atom. The lowest BCUT2D eigenvalue weighted by Gasteiger charge is -2.31. The highest BCUT2D eigenvalue weighted by Crippen LogP contribution is 2.21. The summed E-state index contributed by atoms with van der Waals surface area (Å²) < 4.78 is 0. The second-order valence-corrected chi connectivity index (χ2v) is 7.92. The Morgan fingerprint density at radius 2 is 1.71 bits per heavy atom. The van der Waals surface area contributed by atoms with Crippen LogP contribution in [0.2, 0.25) is 0 Å². The quantitative estimate of drug-likeness (QED) is 0.433. The molecule has 5 N–H and O–H groups in total. The van der Waals surface area contributed by atoms with E-state index in [0.29, 0.717) is 25.8 Å². The molecule has 0 spiro atoms. The number of hydrogen-bond donors (Lipinski definition) is 4. The number of carboxylic acids is 1. The molecule has 0 aromatic rings. The Bertz CT molecular complexity index is 593. The number of hydrogen-bond acceptors (Lipinski definition) is 5. The van der Waals surface area contributed by atoms with Crippen LogP contribution in [0.4, 0.5) is 0 Å². The van der Waals surface area contributed by atoms with E-state index in [1.165, 1.54) is 11.8 Å². The molecule has 1 aliphatic heterocycles. The first kappa shape index (κ1) is 23.9. The van der Waals surface area contributed by atoms with Crippen molar-refractivity contribution in [1.82, 2.24) is 15.5 Å². The molecule has 9 heteroatoms. The first-order valence-corrected chi connectivity index (χ1v) is 9.90. The maximum atomic E-state index is 13.0. The summed E-state index contributed by atoms with van der Waals surface area (Å²) in [5.41, 5.74) is 5.58. The van der Waals surface area contributed by atoms with Crippen LogP contribution in [0.5, 0.6) is 0 Å². The summed E-state index contributed by atoms with van der Waals surface area (Å²) in [5.74, 6) is -2.78. The van der Waals surface area contributed by atoms with E-state index >= 15 is 0 Å². The minimum atomic E-state index is -1.09. The third-order valence-electron chi connectivity index (χ3n) is 5.26. The van der Waals surface area contributed by atoms with Crippen LogP contribution in [0, 0.1) is 11.8 Å². The van der Waals surface area contributed by atoms with Gasteiger partial charge in [-0.3, -0.25) is 14.4 Å². The predicted octanol–water partition coefficient (Wildman–Crippen LogP) is 0.0809. The van der Waals surface area contributed by atoms with Crippen molar-refractivity contribution in [2.75, 3.05) is 6.54 Å². The molecule has 5 atom stereocenters. The Morgan fingerprint density at radius 3 is 2.18 bits per heavy atom. The second-order valence-electron chi connectivity index (χ2n) is 7.92. The van der Waals surface area contributed by atoms with Crippen molar-refractivity contribution in [3.63, 3.8) is 0 Å². The molecule has 1 saturated heterocycles. The van der Waals surface area contributed by atoms with Crippen molar-refractivity contribution >= 4 is 23.7 Å². The van der Waals surface area contributed by atoms with Gasteiger partial charge in [0, 0.05) is 6.54 Å². The van der Waals surface area contributed by atoms with Crippen LogP contribution in [0.3, 0.4) is 0 Å². The summed E-state index contributed by atoms with van der Waals surface area (Å²) in [4.78, 5) is 50.7. The number of carbonyl (C=O) groups is 4. The Kier molecular flexibility index (Phi) is 8.87. The van der Waals surface area contributed by atoms with Gasteiger partial charge in [0.15, 0.2) is 0 Å². The molecular formula is C19H34N4O5. The highest BCUT2D eigenvalue weighted by Gasteiger charge is 2.40. The molecule has 0 bridgehead atoms. The topological polar surface area (TPSA) is 142 Å². The van der Waals surface area contributed by atoms with Gasteiger partial charge in [-0.05, 0) is 31.6 Å². The van der Waals surface area contributed by atoms with Gasteiger partial charge in [0.05, 0.1) is 6.04 Å². The standard InChI is InChI=1S/C19H34N4O5/c1-6-11(4)15(19(27)28)22-17(25)13-8-7-9-23(13)18(26)14(10(2)3)21-16(24)12(5)20/h10-15H,6-9,20H2,1-5H3,(H,21,24)(H,22,25)(H,27,28)/t11?,12-,13-,14?,15-/m0/s1. The number of nitrogens with one attached hydrogen (secondary N) is 2. The van der Waals surface area contributed by atoms with Gasteiger partial charge in [0.2, 0.25) is 17.7 Å². The van der Waals surface area contributed by atoms with Crippen molar-refractivity contribution in [2.24, 2.45) is 17.6 Å². The van der Waals surface area contributed by atoms with Crippen molar-refractivity contribution in [3.8, 4) is 0 Å². The van der Waals surface area contributed by atoms with Crippen molar-refractivity contribution < 1.29 is 24.3 Å². The lowest BCUT2D eigenvalue weighted by Crippen LogP contribution is -2.58.